The number of carbonyl (C=O) groups excluding carboxylic acids is 1. The van der Waals surface area contributed by atoms with Crippen LogP contribution in [0.25, 0.3) is 0 Å². The summed E-state index contributed by atoms with van der Waals surface area (Å²) < 4.78 is 2.01. The van der Waals surface area contributed by atoms with E-state index in [0.717, 1.165) is 31.7 Å². The third-order valence-corrected chi connectivity index (χ3v) is 1.81. The number of aldehydes is 1. The molecule has 0 amide bonds. The highest BCUT2D eigenvalue weighted by Crippen LogP contribution is 2.04. The van der Waals surface area contributed by atoms with Crippen LogP contribution in [0.5, 0.6) is 0 Å². The van der Waals surface area contributed by atoms with Crippen LogP contribution in [0.15, 0.2) is 6.20 Å². The lowest BCUT2D eigenvalue weighted by Gasteiger charge is -2.13. The molecular formula is C10H20N4O. The van der Waals surface area contributed by atoms with Crippen LogP contribution in [0.3, 0.4) is 0 Å². The van der Waals surface area contributed by atoms with Gasteiger partial charge >= 0.3 is 0 Å². The zero-order valence-corrected chi connectivity index (χ0v) is 9.66. The zero-order chi connectivity index (χ0) is 11.7. The maximum Gasteiger partial charge on any atom is 0.170 e. The largest absolute Gasteiger partial charge is 0.333 e. The predicted molar refractivity (Wildman–Crippen MR) is 60.8 cm³/mol. The van der Waals surface area contributed by atoms with Gasteiger partial charge in [0.15, 0.2) is 6.29 Å². The van der Waals surface area contributed by atoms with Gasteiger partial charge in [-0.3, -0.25) is 4.79 Å². The van der Waals surface area contributed by atoms with Gasteiger partial charge in [-0.2, -0.15) is 0 Å². The second kappa shape index (κ2) is 8.14. The summed E-state index contributed by atoms with van der Waals surface area (Å²) in [6.45, 7) is 6.64. The molecule has 0 saturated carbocycles. The molecule has 2 heterocycles. The lowest BCUT2D eigenvalue weighted by molar-refractivity contribution is 0.111. The fourth-order valence-electron chi connectivity index (χ4n) is 1.27. The molecule has 5 nitrogen and oxygen atoms in total. The van der Waals surface area contributed by atoms with Crippen molar-refractivity contribution in [3.05, 3.63) is 17.7 Å². The second-order valence-corrected chi connectivity index (χ2v) is 2.57. The molecule has 1 aliphatic rings. The highest BCUT2D eigenvalue weighted by molar-refractivity contribution is 5.71. The Morgan fingerprint density at radius 3 is 2.73 bits per heavy atom. The average Bonchev–Trinajstić information content (AvgIpc) is 2.77. The Balaban J connectivity index is 0.000000442. The first-order chi connectivity index (χ1) is 7.40. The fourth-order valence-corrected chi connectivity index (χ4v) is 1.27. The van der Waals surface area contributed by atoms with E-state index in [4.69, 9.17) is 0 Å². The quantitative estimate of drug-likeness (QED) is 0.661. The van der Waals surface area contributed by atoms with E-state index in [9.17, 15) is 4.79 Å². The van der Waals surface area contributed by atoms with Gasteiger partial charge in [0.05, 0.1) is 6.54 Å². The first kappa shape index (κ1) is 13.8. The summed E-state index contributed by atoms with van der Waals surface area (Å²) in [6.07, 6.45) is 2.58. The molecule has 1 aromatic heterocycles. The Hall–Kier alpha value is -1.20. The van der Waals surface area contributed by atoms with Crippen LogP contribution in [-0.4, -0.2) is 29.4 Å². The summed E-state index contributed by atoms with van der Waals surface area (Å²) in [5.74, 6) is 0.957. The van der Waals surface area contributed by atoms with Gasteiger partial charge in [0, 0.05) is 19.3 Å². The lowest BCUT2D eigenvalue weighted by atomic mass is 10.4. The fraction of sp³-hybridized carbons (Fsp3) is 0.600. The molecule has 0 unspecified atom stereocenters. The maximum absolute atomic E-state index is 10.3. The van der Waals surface area contributed by atoms with E-state index < -0.39 is 0 Å². The van der Waals surface area contributed by atoms with Crippen molar-refractivity contribution in [1.29, 1.82) is 0 Å². The molecule has 86 valence electrons. The molecule has 0 fully saturated rings. The molecule has 0 spiro atoms. The van der Waals surface area contributed by atoms with E-state index in [1.54, 1.807) is 6.20 Å². The van der Waals surface area contributed by atoms with Crippen LogP contribution in [0.1, 0.15) is 30.2 Å². The summed E-state index contributed by atoms with van der Waals surface area (Å²) in [4.78, 5) is 14.4. The summed E-state index contributed by atoms with van der Waals surface area (Å²) in [5, 5.41) is 3.18. The number of aromatic nitrogens is 2. The number of nitrogens with one attached hydrogen (secondary N) is 1. The van der Waals surface area contributed by atoms with E-state index in [1.807, 2.05) is 18.4 Å². The minimum absolute atomic E-state index is 0.531. The highest BCUT2D eigenvalue weighted by atomic mass is 16.1. The third kappa shape index (κ3) is 3.81. The Morgan fingerprint density at radius 2 is 2.20 bits per heavy atom. The Morgan fingerprint density at radius 1 is 1.53 bits per heavy atom. The number of hydrogen-bond donors (Lipinski definition) is 2. The van der Waals surface area contributed by atoms with Gasteiger partial charge in [0.1, 0.15) is 11.5 Å². The highest BCUT2D eigenvalue weighted by Gasteiger charge is 2.10. The van der Waals surface area contributed by atoms with Crippen molar-refractivity contribution in [2.45, 2.75) is 26.9 Å². The Labute approximate surface area is 90.7 Å². The van der Waals surface area contributed by atoms with Crippen molar-refractivity contribution < 1.29 is 4.79 Å². The molecule has 0 radical (unpaired) electrons. The van der Waals surface area contributed by atoms with E-state index in [-0.39, 0.29) is 0 Å². The van der Waals surface area contributed by atoms with Crippen molar-refractivity contribution in [1.82, 2.24) is 14.9 Å². The smallest absolute Gasteiger partial charge is 0.170 e. The van der Waals surface area contributed by atoms with Crippen LogP contribution >= 0.6 is 0 Å². The topological polar surface area (TPSA) is 72.9 Å². The van der Waals surface area contributed by atoms with Gasteiger partial charge in [-0.15, -0.1) is 0 Å². The summed E-state index contributed by atoms with van der Waals surface area (Å²) in [5.41, 5.74) is 5.03. The van der Waals surface area contributed by atoms with Gasteiger partial charge in [-0.1, -0.05) is 13.8 Å². The van der Waals surface area contributed by atoms with E-state index in [1.165, 1.54) is 7.05 Å². The predicted octanol–water partition coefficient (Wildman–Crippen LogP) is 0.400. The molecular weight excluding hydrogens is 192 g/mol. The Kier molecular flexibility index (Phi) is 7.49. The van der Waals surface area contributed by atoms with Gasteiger partial charge < -0.3 is 15.6 Å². The van der Waals surface area contributed by atoms with Crippen LogP contribution in [0, 0.1) is 0 Å². The number of nitrogens with zero attached hydrogens (tertiary/aromatic N) is 2. The van der Waals surface area contributed by atoms with E-state index in [0.29, 0.717) is 5.69 Å². The van der Waals surface area contributed by atoms with Gasteiger partial charge in [0.2, 0.25) is 0 Å². The molecule has 1 aromatic rings. The van der Waals surface area contributed by atoms with Crippen LogP contribution in [-0.2, 0) is 13.1 Å². The number of nitrogens with two attached hydrogens (primary N) is 1. The summed E-state index contributed by atoms with van der Waals surface area (Å²) in [7, 11) is 1.50. The van der Waals surface area contributed by atoms with Crippen molar-refractivity contribution in [3.63, 3.8) is 0 Å². The second-order valence-electron chi connectivity index (χ2n) is 2.57. The Bertz CT molecular complexity index is 259. The monoisotopic (exact) mass is 212 g/mol. The van der Waals surface area contributed by atoms with Crippen LogP contribution < -0.4 is 11.1 Å². The molecule has 1 aliphatic heterocycles. The first-order valence-corrected chi connectivity index (χ1v) is 5.20. The molecule has 5 heteroatoms. The number of carbonyl (C=O) groups is 1. The van der Waals surface area contributed by atoms with Gasteiger partial charge in [-0.05, 0) is 7.05 Å². The number of fused-ring (bicyclic) bond motifs is 1. The molecule has 0 aromatic carbocycles. The molecule has 0 saturated heterocycles. The molecule has 2 rings (SSSR count). The van der Waals surface area contributed by atoms with E-state index >= 15 is 0 Å². The van der Waals surface area contributed by atoms with E-state index in [2.05, 4.69) is 16.0 Å². The third-order valence-electron chi connectivity index (χ3n) is 1.81. The van der Waals surface area contributed by atoms with Gasteiger partial charge in [-0.25, -0.2) is 4.98 Å². The summed E-state index contributed by atoms with van der Waals surface area (Å²) in [6, 6.07) is 0. The summed E-state index contributed by atoms with van der Waals surface area (Å²) >= 11 is 0. The minimum Gasteiger partial charge on any atom is -0.333 e. The van der Waals surface area contributed by atoms with Crippen molar-refractivity contribution in [2.75, 3.05) is 13.6 Å². The normalized spacial score (nSPS) is 12.5. The van der Waals surface area contributed by atoms with Gasteiger partial charge in [0.25, 0.3) is 0 Å². The van der Waals surface area contributed by atoms with Crippen molar-refractivity contribution in [2.24, 2.45) is 5.73 Å². The minimum atomic E-state index is 0.531. The SMILES string of the molecule is CC.CN.O=Cc1cn2c(n1)CNCC2. The van der Waals surface area contributed by atoms with Crippen molar-refractivity contribution >= 4 is 6.29 Å². The van der Waals surface area contributed by atoms with Crippen LogP contribution in [0.4, 0.5) is 0 Å². The molecule has 3 N–H and O–H groups in total. The molecule has 0 bridgehead atoms. The molecule has 15 heavy (non-hydrogen) atoms. The maximum atomic E-state index is 10.3. The van der Waals surface area contributed by atoms with Crippen molar-refractivity contribution in [3.8, 4) is 0 Å². The number of hydrogen-bond acceptors (Lipinski definition) is 4. The number of rotatable bonds is 1. The van der Waals surface area contributed by atoms with Crippen LogP contribution in [0.2, 0.25) is 0 Å². The average molecular weight is 212 g/mol. The lowest BCUT2D eigenvalue weighted by Crippen LogP contribution is -2.27. The zero-order valence-electron chi connectivity index (χ0n) is 9.66. The molecule has 0 aliphatic carbocycles. The standard InChI is InChI=1S/C7H9N3O.C2H6.CH5N/c11-5-6-4-10-2-1-8-3-7(10)9-6;2*1-2/h4-5,8H,1-3H2;1-2H3;2H2,1H3. The number of imidazole rings is 1. The molecule has 0 atom stereocenters. The first-order valence-electron chi connectivity index (χ1n) is 5.20.